The molecule has 0 atom stereocenters. The average Bonchev–Trinajstić information content (AvgIpc) is 3.04. The fourth-order valence-electron chi connectivity index (χ4n) is 2.03. The van der Waals surface area contributed by atoms with Gasteiger partial charge in [-0.15, -0.1) is 11.3 Å². The summed E-state index contributed by atoms with van der Waals surface area (Å²) in [5.41, 5.74) is 2.07. The molecule has 2 N–H and O–H groups in total. The molecule has 21 heavy (non-hydrogen) atoms. The Morgan fingerprint density at radius 3 is 2.81 bits per heavy atom. The first kappa shape index (κ1) is 14.3. The summed E-state index contributed by atoms with van der Waals surface area (Å²) in [4.78, 5) is 6.96. The van der Waals surface area contributed by atoms with E-state index in [-0.39, 0.29) is 0 Å². The van der Waals surface area contributed by atoms with Crippen molar-refractivity contribution in [3.05, 3.63) is 50.4 Å². The van der Waals surface area contributed by atoms with E-state index in [1.54, 1.807) is 11.3 Å². The van der Waals surface area contributed by atoms with Crippen molar-refractivity contribution in [2.75, 3.05) is 5.32 Å². The van der Waals surface area contributed by atoms with Gasteiger partial charge in [0.15, 0.2) is 5.82 Å². The molecule has 0 saturated carbocycles. The summed E-state index contributed by atoms with van der Waals surface area (Å²) in [6, 6.07) is 10.3. The zero-order valence-corrected chi connectivity index (χ0v) is 14.2. The minimum atomic E-state index is 0.728. The molecule has 2 aromatic heterocycles. The molecule has 3 aromatic rings. The molecule has 4 nitrogen and oxygen atoms in total. The molecule has 0 aliphatic heterocycles. The standard InChI is InChI=1S/C15H15BrN4S/c1-9-14(16)7-13(21-9)8-17-12-5-3-4-11(6-12)15-18-10(2)19-20-15/h3-7,17H,8H2,1-2H3,(H,18,19,20). The predicted octanol–water partition coefficient (Wildman–Crippen LogP) is 4.52. The molecule has 3 rings (SSSR count). The van der Waals surface area contributed by atoms with Gasteiger partial charge in [0.2, 0.25) is 0 Å². The molecule has 6 heteroatoms. The van der Waals surface area contributed by atoms with Gasteiger partial charge >= 0.3 is 0 Å². The molecular formula is C15H15BrN4S. The van der Waals surface area contributed by atoms with E-state index in [0.717, 1.165) is 29.4 Å². The number of H-pyrrole nitrogens is 1. The summed E-state index contributed by atoms with van der Waals surface area (Å²) < 4.78 is 1.18. The van der Waals surface area contributed by atoms with Crippen molar-refractivity contribution in [3.8, 4) is 11.4 Å². The van der Waals surface area contributed by atoms with Crippen LogP contribution in [0.5, 0.6) is 0 Å². The minimum absolute atomic E-state index is 0.728. The molecule has 0 saturated heterocycles. The van der Waals surface area contributed by atoms with E-state index < -0.39 is 0 Å². The molecule has 1 aromatic carbocycles. The SMILES string of the molecule is Cc1nc(-c2cccc(NCc3cc(Br)c(C)s3)c2)n[nH]1. The smallest absolute Gasteiger partial charge is 0.181 e. The Balaban J connectivity index is 1.74. The molecule has 0 unspecified atom stereocenters. The van der Waals surface area contributed by atoms with Gasteiger partial charge in [-0.1, -0.05) is 12.1 Å². The Kier molecular flexibility index (Phi) is 4.07. The monoisotopic (exact) mass is 362 g/mol. The van der Waals surface area contributed by atoms with Gasteiger partial charge < -0.3 is 5.32 Å². The lowest BCUT2D eigenvalue weighted by atomic mass is 10.2. The third kappa shape index (κ3) is 3.33. The Hall–Kier alpha value is -1.66. The van der Waals surface area contributed by atoms with Crippen LogP contribution in [0.4, 0.5) is 5.69 Å². The van der Waals surface area contributed by atoms with Gasteiger partial charge in [0, 0.05) is 32.0 Å². The number of rotatable bonds is 4. The van der Waals surface area contributed by atoms with E-state index in [4.69, 9.17) is 0 Å². The largest absolute Gasteiger partial charge is 0.380 e. The predicted molar refractivity (Wildman–Crippen MR) is 90.6 cm³/mol. The van der Waals surface area contributed by atoms with E-state index in [1.807, 2.05) is 19.1 Å². The molecule has 108 valence electrons. The van der Waals surface area contributed by atoms with Crippen molar-refractivity contribution in [1.82, 2.24) is 15.2 Å². The maximum absolute atomic E-state index is 4.36. The molecule has 0 amide bonds. The van der Waals surface area contributed by atoms with Crippen LogP contribution in [0.15, 0.2) is 34.8 Å². The van der Waals surface area contributed by atoms with E-state index in [2.05, 4.69) is 61.6 Å². The number of hydrogen-bond acceptors (Lipinski definition) is 4. The number of nitrogens with one attached hydrogen (secondary N) is 2. The van der Waals surface area contributed by atoms with Crippen LogP contribution in [0, 0.1) is 13.8 Å². The van der Waals surface area contributed by atoms with E-state index >= 15 is 0 Å². The lowest BCUT2D eigenvalue weighted by molar-refractivity contribution is 1.04. The number of hydrogen-bond donors (Lipinski definition) is 2. The topological polar surface area (TPSA) is 53.6 Å². The zero-order chi connectivity index (χ0) is 14.8. The average molecular weight is 363 g/mol. The fraction of sp³-hybridized carbons (Fsp3) is 0.200. The van der Waals surface area contributed by atoms with E-state index in [1.165, 1.54) is 14.2 Å². The fourth-order valence-corrected chi connectivity index (χ4v) is 3.58. The van der Waals surface area contributed by atoms with Crippen LogP contribution < -0.4 is 5.32 Å². The second kappa shape index (κ2) is 5.99. The third-order valence-electron chi connectivity index (χ3n) is 3.09. The van der Waals surface area contributed by atoms with Crippen molar-refractivity contribution in [2.24, 2.45) is 0 Å². The first-order valence-corrected chi connectivity index (χ1v) is 8.21. The summed E-state index contributed by atoms with van der Waals surface area (Å²) in [7, 11) is 0. The summed E-state index contributed by atoms with van der Waals surface area (Å²) in [5.74, 6) is 1.55. The first-order chi connectivity index (χ1) is 10.1. The van der Waals surface area contributed by atoms with Gasteiger partial charge in [0.1, 0.15) is 5.82 Å². The molecule has 0 bridgehead atoms. The van der Waals surface area contributed by atoms with Gasteiger partial charge in [-0.25, -0.2) is 4.98 Å². The molecule has 0 fully saturated rings. The highest BCUT2D eigenvalue weighted by molar-refractivity contribution is 9.10. The quantitative estimate of drug-likeness (QED) is 0.716. The summed E-state index contributed by atoms with van der Waals surface area (Å²) in [6.07, 6.45) is 0. The maximum atomic E-state index is 4.36. The van der Waals surface area contributed by atoms with Crippen LogP contribution in [-0.2, 0) is 6.54 Å². The van der Waals surface area contributed by atoms with Gasteiger partial charge in [0.25, 0.3) is 0 Å². The number of aromatic amines is 1. The van der Waals surface area contributed by atoms with Crippen molar-refractivity contribution in [1.29, 1.82) is 0 Å². The molecule has 0 spiro atoms. The Morgan fingerprint density at radius 1 is 1.29 bits per heavy atom. The maximum Gasteiger partial charge on any atom is 0.181 e. The third-order valence-corrected chi connectivity index (χ3v) is 5.23. The van der Waals surface area contributed by atoms with Crippen molar-refractivity contribution in [3.63, 3.8) is 0 Å². The summed E-state index contributed by atoms with van der Waals surface area (Å²) >= 11 is 5.35. The first-order valence-electron chi connectivity index (χ1n) is 6.60. The molecule has 0 radical (unpaired) electrons. The van der Waals surface area contributed by atoms with E-state index in [9.17, 15) is 0 Å². The Labute approximate surface area is 135 Å². The second-order valence-electron chi connectivity index (χ2n) is 4.80. The Morgan fingerprint density at radius 2 is 2.14 bits per heavy atom. The van der Waals surface area contributed by atoms with Gasteiger partial charge in [-0.3, -0.25) is 5.10 Å². The van der Waals surface area contributed by atoms with Crippen molar-refractivity contribution in [2.45, 2.75) is 20.4 Å². The second-order valence-corrected chi connectivity index (χ2v) is 6.99. The van der Waals surface area contributed by atoms with Crippen molar-refractivity contribution >= 4 is 33.0 Å². The number of thiophene rings is 1. The molecule has 2 heterocycles. The van der Waals surface area contributed by atoms with Gasteiger partial charge in [0.05, 0.1) is 0 Å². The number of halogens is 1. The number of aromatic nitrogens is 3. The van der Waals surface area contributed by atoms with Gasteiger partial charge in [-0.2, -0.15) is 5.10 Å². The summed E-state index contributed by atoms with van der Waals surface area (Å²) in [5, 5.41) is 10.5. The zero-order valence-electron chi connectivity index (χ0n) is 11.8. The van der Waals surface area contributed by atoms with Crippen LogP contribution >= 0.6 is 27.3 Å². The van der Waals surface area contributed by atoms with Gasteiger partial charge in [-0.05, 0) is 48.0 Å². The normalized spacial score (nSPS) is 10.8. The number of anilines is 1. The minimum Gasteiger partial charge on any atom is -0.380 e. The lowest BCUT2D eigenvalue weighted by Crippen LogP contribution is -1.97. The molecule has 0 aliphatic rings. The number of aryl methyl sites for hydroxylation is 2. The highest BCUT2D eigenvalue weighted by atomic mass is 79.9. The van der Waals surface area contributed by atoms with Crippen LogP contribution in [0.3, 0.4) is 0 Å². The lowest BCUT2D eigenvalue weighted by Gasteiger charge is -2.06. The van der Waals surface area contributed by atoms with Crippen molar-refractivity contribution < 1.29 is 0 Å². The summed E-state index contributed by atoms with van der Waals surface area (Å²) in [6.45, 7) is 4.83. The highest BCUT2D eigenvalue weighted by Crippen LogP contribution is 2.27. The van der Waals surface area contributed by atoms with Crippen LogP contribution in [0.2, 0.25) is 0 Å². The van der Waals surface area contributed by atoms with Crippen LogP contribution in [0.1, 0.15) is 15.6 Å². The van der Waals surface area contributed by atoms with E-state index in [0.29, 0.717) is 0 Å². The molecule has 0 aliphatic carbocycles. The Bertz CT molecular complexity index is 743. The molecular weight excluding hydrogens is 348 g/mol. The van der Waals surface area contributed by atoms with Crippen LogP contribution in [0.25, 0.3) is 11.4 Å². The highest BCUT2D eigenvalue weighted by Gasteiger charge is 2.06. The number of benzene rings is 1. The van der Waals surface area contributed by atoms with Crippen LogP contribution in [-0.4, -0.2) is 15.2 Å². The number of nitrogens with zero attached hydrogens (tertiary/aromatic N) is 2.